The van der Waals surface area contributed by atoms with Crippen molar-refractivity contribution < 1.29 is 14.3 Å². The molecule has 0 bridgehead atoms. The number of nitrogens with zero attached hydrogens (tertiary/aromatic N) is 1. The van der Waals surface area contributed by atoms with Gasteiger partial charge in [0.15, 0.2) is 11.5 Å². The Labute approximate surface area is 167 Å². The van der Waals surface area contributed by atoms with Gasteiger partial charge in [0.1, 0.15) is 0 Å². The van der Waals surface area contributed by atoms with Crippen molar-refractivity contribution in [2.45, 2.75) is 31.7 Å². The summed E-state index contributed by atoms with van der Waals surface area (Å²) >= 11 is 0. The molecule has 2 aromatic rings. The number of carbonyl (C=O) groups is 1. The molecule has 0 spiro atoms. The van der Waals surface area contributed by atoms with E-state index in [1.165, 1.54) is 17.5 Å². The second-order valence-electron chi connectivity index (χ2n) is 7.31. The van der Waals surface area contributed by atoms with Gasteiger partial charge in [-0.2, -0.15) is 0 Å². The van der Waals surface area contributed by atoms with Crippen LogP contribution in [0.15, 0.2) is 42.5 Å². The Balaban J connectivity index is 1.50. The zero-order valence-electron chi connectivity index (χ0n) is 17.0. The fourth-order valence-electron chi connectivity index (χ4n) is 3.96. The molecule has 0 fully saturated rings. The number of likely N-dealkylation sites (N-methyl/N-ethyl adjacent to an activating group) is 1. The minimum Gasteiger partial charge on any atom is -0.493 e. The van der Waals surface area contributed by atoms with Gasteiger partial charge in [0.2, 0.25) is 5.91 Å². The van der Waals surface area contributed by atoms with Crippen LogP contribution in [0.1, 0.15) is 35.6 Å². The highest BCUT2D eigenvalue weighted by Crippen LogP contribution is 2.33. The highest BCUT2D eigenvalue weighted by molar-refractivity contribution is 5.78. The van der Waals surface area contributed by atoms with E-state index >= 15 is 0 Å². The molecule has 0 radical (unpaired) electrons. The maximum atomic E-state index is 12.4. The Hall–Kier alpha value is -2.53. The van der Waals surface area contributed by atoms with Gasteiger partial charge in [0.25, 0.3) is 0 Å². The average molecular weight is 383 g/mol. The van der Waals surface area contributed by atoms with Crippen LogP contribution in [0.4, 0.5) is 0 Å². The molecule has 0 saturated heterocycles. The summed E-state index contributed by atoms with van der Waals surface area (Å²) in [7, 11) is 5.29. The lowest BCUT2D eigenvalue weighted by Gasteiger charge is -2.32. The molecule has 1 amide bonds. The first kappa shape index (κ1) is 20.2. The van der Waals surface area contributed by atoms with E-state index in [4.69, 9.17) is 9.47 Å². The highest BCUT2D eigenvalue weighted by atomic mass is 16.5. The van der Waals surface area contributed by atoms with Gasteiger partial charge in [-0.1, -0.05) is 30.3 Å². The fraction of sp³-hybridized carbons (Fsp3) is 0.435. The average Bonchev–Trinajstić information content (AvgIpc) is 2.73. The van der Waals surface area contributed by atoms with Crippen molar-refractivity contribution in [3.8, 4) is 11.5 Å². The van der Waals surface area contributed by atoms with Crippen LogP contribution in [0, 0.1) is 0 Å². The summed E-state index contributed by atoms with van der Waals surface area (Å²) in [6, 6.07) is 14.8. The number of hydrogen-bond donors (Lipinski definition) is 1. The molecule has 5 nitrogen and oxygen atoms in total. The normalized spacial score (nSPS) is 15.8. The molecule has 0 aliphatic heterocycles. The summed E-state index contributed by atoms with van der Waals surface area (Å²) in [6.45, 7) is 1.01. The highest BCUT2D eigenvalue weighted by Gasteiger charge is 2.24. The smallest absolute Gasteiger partial charge is 0.234 e. The van der Waals surface area contributed by atoms with Crippen molar-refractivity contribution in [3.05, 3.63) is 59.2 Å². The second kappa shape index (κ2) is 9.60. The van der Waals surface area contributed by atoms with E-state index in [1.807, 2.05) is 25.2 Å². The molecule has 1 aliphatic carbocycles. The summed E-state index contributed by atoms with van der Waals surface area (Å²) < 4.78 is 10.6. The zero-order valence-corrected chi connectivity index (χ0v) is 17.0. The second-order valence-corrected chi connectivity index (χ2v) is 7.31. The van der Waals surface area contributed by atoms with Gasteiger partial charge in [-0.05, 0) is 61.6 Å². The molecule has 1 N–H and O–H groups in total. The van der Waals surface area contributed by atoms with Crippen LogP contribution >= 0.6 is 0 Å². The van der Waals surface area contributed by atoms with Crippen molar-refractivity contribution in [3.63, 3.8) is 0 Å². The summed E-state index contributed by atoms with van der Waals surface area (Å²) in [5.74, 6) is 1.48. The van der Waals surface area contributed by atoms with Crippen molar-refractivity contribution >= 4 is 5.91 Å². The number of aryl methyl sites for hydroxylation is 1. The van der Waals surface area contributed by atoms with E-state index in [2.05, 4.69) is 34.5 Å². The van der Waals surface area contributed by atoms with E-state index in [1.54, 1.807) is 14.2 Å². The Morgan fingerprint density at radius 2 is 1.93 bits per heavy atom. The Bertz CT molecular complexity index is 806. The van der Waals surface area contributed by atoms with Crippen molar-refractivity contribution in [1.82, 2.24) is 10.2 Å². The lowest BCUT2D eigenvalue weighted by atomic mass is 9.87. The van der Waals surface area contributed by atoms with Crippen molar-refractivity contribution in [2.75, 3.05) is 34.4 Å². The molecule has 1 atom stereocenters. The number of methoxy groups -OCH3 is 2. The first-order chi connectivity index (χ1) is 13.6. The molecule has 2 aromatic carbocycles. The number of nitrogens with one attached hydrogen (secondary N) is 1. The fourth-order valence-corrected chi connectivity index (χ4v) is 3.96. The Kier molecular flexibility index (Phi) is 6.93. The van der Waals surface area contributed by atoms with Crippen LogP contribution in [-0.2, 0) is 17.6 Å². The third-order valence-electron chi connectivity index (χ3n) is 5.45. The minimum atomic E-state index is 0.0611. The molecule has 0 saturated carbocycles. The van der Waals surface area contributed by atoms with Gasteiger partial charge in [0, 0.05) is 12.6 Å². The predicted octanol–water partition coefficient (Wildman–Crippen LogP) is 3.37. The van der Waals surface area contributed by atoms with Crippen molar-refractivity contribution in [1.29, 1.82) is 0 Å². The van der Waals surface area contributed by atoms with Crippen LogP contribution in [0.5, 0.6) is 11.5 Å². The van der Waals surface area contributed by atoms with Crippen LogP contribution in [0.25, 0.3) is 0 Å². The molecule has 150 valence electrons. The number of benzene rings is 2. The number of fused-ring (bicyclic) bond motifs is 1. The standard InChI is InChI=1S/C23H30N2O3/c1-25(20-10-6-8-18-7-4-5-9-19(18)20)16-23(26)24-14-13-17-11-12-21(27-2)22(15-17)28-3/h4-5,7,9,11-12,15,20H,6,8,10,13-14,16H2,1-3H3,(H,24,26). The lowest BCUT2D eigenvalue weighted by molar-refractivity contribution is -0.122. The van der Waals surface area contributed by atoms with Gasteiger partial charge >= 0.3 is 0 Å². The van der Waals surface area contributed by atoms with Gasteiger partial charge in [0.05, 0.1) is 20.8 Å². The van der Waals surface area contributed by atoms with Crippen LogP contribution < -0.4 is 14.8 Å². The Morgan fingerprint density at radius 3 is 2.71 bits per heavy atom. The van der Waals surface area contributed by atoms with Gasteiger partial charge in [-0.25, -0.2) is 0 Å². The van der Waals surface area contributed by atoms with Crippen LogP contribution in [-0.4, -0.2) is 45.2 Å². The molecule has 5 heteroatoms. The predicted molar refractivity (Wildman–Crippen MR) is 111 cm³/mol. The van der Waals surface area contributed by atoms with Crippen LogP contribution in [0.3, 0.4) is 0 Å². The van der Waals surface area contributed by atoms with E-state index in [0.29, 0.717) is 30.6 Å². The quantitative estimate of drug-likeness (QED) is 0.761. The Morgan fingerprint density at radius 1 is 1.14 bits per heavy atom. The van der Waals surface area contributed by atoms with E-state index in [9.17, 15) is 4.79 Å². The third-order valence-corrected chi connectivity index (χ3v) is 5.45. The van der Waals surface area contributed by atoms with Gasteiger partial charge in [-0.15, -0.1) is 0 Å². The topological polar surface area (TPSA) is 50.8 Å². The number of amides is 1. The van der Waals surface area contributed by atoms with Gasteiger partial charge in [-0.3, -0.25) is 9.69 Å². The van der Waals surface area contributed by atoms with Crippen LogP contribution in [0.2, 0.25) is 0 Å². The molecule has 1 unspecified atom stereocenters. The number of rotatable bonds is 8. The van der Waals surface area contributed by atoms with E-state index in [-0.39, 0.29) is 5.91 Å². The SMILES string of the molecule is COc1ccc(CCNC(=O)CN(C)C2CCCc3ccccc32)cc1OC. The number of carbonyl (C=O) groups excluding carboxylic acids is 1. The molecular formula is C23H30N2O3. The minimum absolute atomic E-state index is 0.0611. The molecule has 0 heterocycles. The maximum absolute atomic E-state index is 12.4. The summed E-state index contributed by atoms with van der Waals surface area (Å²) in [4.78, 5) is 14.6. The maximum Gasteiger partial charge on any atom is 0.234 e. The van der Waals surface area contributed by atoms with Gasteiger partial charge < -0.3 is 14.8 Å². The molecule has 1 aliphatic rings. The zero-order chi connectivity index (χ0) is 19.9. The summed E-state index contributed by atoms with van der Waals surface area (Å²) in [5, 5.41) is 3.04. The molecule has 3 rings (SSSR count). The molecule has 28 heavy (non-hydrogen) atoms. The monoisotopic (exact) mass is 382 g/mol. The summed E-state index contributed by atoms with van der Waals surface area (Å²) in [5.41, 5.74) is 3.89. The summed E-state index contributed by atoms with van der Waals surface area (Å²) in [6.07, 6.45) is 4.17. The first-order valence-corrected chi connectivity index (χ1v) is 9.88. The first-order valence-electron chi connectivity index (χ1n) is 9.88. The molecule has 0 aromatic heterocycles. The van der Waals surface area contributed by atoms with E-state index in [0.717, 1.165) is 24.8 Å². The largest absolute Gasteiger partial charge is 0.493 e. The lowest BCUT2D eigenvalue weighted by Crippen LogP contribution is -2.38. The van der Waals surface area contributed by atoms with E-state index < -0.39 is 0 Å². The number of ether oxygens (including phenoxy) is 2. The van der Waals surface area contributed by atoms with Crippen molar-refractivity contribution in [2.24, 2.45) is 0 Å². The molecular weight excluding hydrogens is 352 g/mol. The third kappa shape index (κ3) is 4.84. The number of hydrogen-bond acceptors (Lipinski definition) is 4.